The first-order chi connectivity index (χ1) is 16.2. The Hall–Kier alpha value is -3.49. The van der Waals surface area contributed by atoms with Crippen molar-refractivity contribution < 1.29 is 14.6 Å². The van der Waals surface area contributed by atoms with E-state index in [-0.39, 0.29) is 5.56 Å². The van der Waals surface area contributed by atoms with E-state index >= 15 is 0 Å². The van der Waals surface area contributed by atoms with E-state index in [2.05, 4.69) is 30.8 Å². The number of hydrogen-bond acceptors (Lipinski definition) is 4. The molecule has 1 N–H and O–H groups in total. The van der Waals surface area contributed by atoms with E-state index in [1.807, 2.05) is 60.5 Å². The zero-order chi connectivity index (χ0) is 24.3. The first-order valence-electron chi connectivity index (χ1n) is 11.3. The lowest BCUT2D eigenvalue weighted by Crippen LogP contribution is -2.22. The molecule has 4 aromatic rings. The number of carboxylic acids is 1. The second-order valence-corrected chi connectivity index (χ2v) is 15.2. The molecule has 176 valence electrons. The molecule has 0 aliphatic rings. The SMILES string of the molecule is Cn1cc(/C=C/c2nn(COCC[Si](C)(C)C)c3ccc(-c4ccc(C(=O)O)cc4)cc23)cn1. The molecule has 4 rings (SSSR count). The molecule has 0 aliphatic carbocycles. The predicted molar refractivity (Wildman–Crippen MR) is 138 cm³/mol. The minimum Gasteiger partial charge on any atom is -0.478 e. The Balaban J connectivity index is 1.67. The summed E-state index contributed by atoms with van der Waals surface area (Å²) in [4.78, 5) is 11.2. The number of aryl methyl sites for hydroxylation is 1. The van der Waals surface area contributed by atoms with Gasteiger partial charge in [-0.3, -0.25) is 4.68 Å². The highest BCUT2D eigenvalue weighted by Crippen LogP contribution is 2.28. The minimum absolute atomic E-state index is 0.271. The van der Waals surface area contributed by atoms with Gasteiger partial charge in [-0.05, 0) is 53.6 Å². The van der Waals surface area contributed by atoms with Gasteiger partial charge in [-0.1, -0.05) is 37.8 Å². The normalized spacial score (nSPS) is 12.1. The number of nitrogens with zero attached hydrogens (tertiary/aromatic N) is 4. The first-order valence-corrected chi connectivity index (χ1v) is 15.0. The Bertz CT molecular complexity index is 1330. The summed E-state index contributed by atoms with van der Waals surface area (Å²) >= 11 is 0. The number of hydrogen-bond donors (Lipinski definition) is 1. The third-order valence-corrected chi connectivity index (χ3v) is 7.32. The van der Waals surface area contributed by atoms with Gasteiger partial charge in [-0.2, -0.15) is 10.2 Å². The Morgan fingerprint density at radius 2 is 1.82 bits per heavy atom. The van der Waals surface area contributed by atoms with E-state index in [4.69, 9.17) is 9.84 Å². The van der Waals surface area contributed by atoms with E-state index in [1.165, 1.54) is 0 Å². The molecule has 0 saturated heterocycles. The van der Waals surface area contributed by atoms with Crippen molar-refractivity contribution in [3.63, 3.8) is 0 Å². The van der Waals surface area contributed by atoms with Crippen LogP contribution in [0.15, 0.2) is 54.9 Å². The van der Waals surface area contributed by atoms with Crippen molar-refractivity contribution in [3.05, 3.63) is 71.7 Å². The summed E-state index contributed by atoms with van der Waals surface area (Å²) in [6.07, 6.45) is 7.75. The molecule has 0 radical (unpaired) electrons. The third kappa shape index (κ3) is 5.70. The number of aromatic nitrogens is 4. The van der Waals surface area contributed by atoms with Gasteiger partial charge in [0.1, 0.15) is 6.73 Å². The van der Waals surface area contributed by atoms with Crippen molar-refractivity contribution in [2.75, 3.05) is 6.61 Å². The van der Waals surface area contributed by atoms with Gasteiger partial charge in [0.05, 0.1) is 23.0 Å². The number of rotatable bonds is 9. The van der Waals surface area contributed by atoms with Crippen molar-refractivity contribution in [1.29, 1.82) is 0 Å². The first kappa shape index (κ1) is 23.7. The lowest BCUT2D eigenvalue weighted by atomic mass is 10.0. The smallest absolute Gasteiger partial charge is 0.335 e. The molecule has 2 aromatic carbocycles. The topological polar surface area (TPSA) is 82.2 Å². The number of fused-ring (bicyclic) bond motifs is 1. The lowest BCUT2D eigenvalue weighted by molar-refractivity contribution is 0.0697. The number of benzene rings is 2. The second-order valence-electron chi connectivity index (χ2n) is 9.63. The fourth-order valence-electron chi connectivity index (χ4n) is 3.64. The van der Waals surface area contributed by atoms with Crippen LogP contribution in [0.5, 0.6) is 0 Å². The van der Waals surface area contributed by atoms with Crippen LogP contribution < -0.4 is 0 Å². The third-order valence-electron chi connectivity index (χ3n) is 5.61. The van der Waals surface area contributed by atoms with Crippen molar-refractivity contribution in [2.24, 2.45) is 7.05 Å². The highest BCUT2D eigenvalue weighted by atomic mass is 28.3. The Morgan fingerprint density at radius 1 is 1.09 bits per heavy atom. The molecule has 8 heteroatoms. The molecule has 7 nitrogen and oxygen atoms in total. The fraction of sp³-hybridized carbons (Fsp3) is 0.269. The van der Waals surface area contributed by atoms with E-state index < -0.39 is 14.0 Å². The van der Waals surface area contributed by atoms with Crippen LogP contribution in [0, 0.1) is 0 Å². The van der Waals surface area contributed by atoms with Gasteiger partial charge >= 0.3 is 5.97 Å². The summed E-state index contributed by atoms with van der Waals surface area (Å²) in [7, 11) is 0.731. The van der Waals surface area contributed by atoms with E-state index in [0.717, 1.165) is 45.9 Å². The van der Waals surface area contributed by atoms with Crippen LogP contribution in [0.25, 0.3) is 34.2 Å². The van der Waals surface area contributed by atoms with Gasteiger partial charge in [0.15, 0.2) is 0 Å². The fourth-order valence-corrected chi connectivity index (χ4v) is 4.40. The van der Waals surface area contributed by atoms with Crippen LogP contribution in [0.4, 0.5) is 0 Å². The second kappa shape index (κ2) is 9.78. The van der Waals surface area contributed by atoms with Gasteiger partial charge in [0.25, 0.3) is 0 Å². The molecule has 0 saturated carbocycles. The number of ether oxygens (including phenoxy) is 1. The van der Waals surface area contributed by atoms with Crippen LogP contribution in [-0.4, -0.2) is 45.3 Å². The summed E-state index contributed by atoms with van der Waals surface area (Å²) < 4.78 is 9.64. The largest absolute Gasteiger partial charge is 0.478 e. The highest BCUT2D eigenvalue weighted by molar-refractivity contribution is 6.76. The van der Waals surface area contributed by atoms with E-state index in [9.17, 15) is 9.90 Å². The summed E-state index contributed by atoms with van der Waals surface area (Å²) in [5.41, 5.74) is 5.06. The quantitative estimate of drug-likeness (QED) is 0.252. The molecular weight excluding hydrogens is 444 g/mol. The van der Waals surface area contributed by atoms with Crippen LogP contribution in [0.3, 0.4) is 0 Å². The van der Waals surface area contributed by atoms with Crippen molar-refractivity contribution in [2.45, 2.75) is 32.4 Å². The molecule has 0 aliphatic heterocycles. The highest BCUT2D eigenvalue weighted by Gasteiger charge is 2.14. The summed E-state index contributed by atoms with van der Waals surface area (Å²) in [5.74, 6) is -0.930. The molecule has 2 heterocycles. The van der Waals surface area contributed by atoms with Crippen LogP contribution in [-0.2, 0) is 18.5 Å². The van der Waals surface area contributed by atoms with Crippen LogP contribution in [0.1, 0.15) is 21.6 Å². The average Bonchev–Trinajstić information content (AvgIpc) is 3.37. The maximum atomic E-state index is 11.2. The van der Waals surface area contributed by atoms with Crippen molar-refractivity contribution in [3.8, 4) is 11.1 Å². The Kier molecular flexibility index (Phi) is 6.81. The summed E-state index contributed by atoms with van der Waals surface area (Å²) in [6, 6.07) is 14.2. The zero-order valence-electron chi connectivity index (χ0n) is 20.0. The van der Waals surface area contributed by atoms with Crippen LogP contribution in [0.2, 0.25) is 25.7 Å². The molecule has 34 heavy (non-hydrogen) atoms. The van der Waals surface area contributed by atoms with Gasteiger partial charge in [-0.15, -0.1) is 0 Å². The molecule has 0 spiro atoms. The van der Waals surface area contributed by atoms with Gasteiger partial charge in [0, 0.05) is 38.9 Å². The molecule has 0 amide bonds. The molecule has 0 bridgehead atoms. The standard InChI is InChI=1S/C26H30N4O3Si/c1-29-17-19(16-27-29)5-11-24-23-15-22(20-6-8-21(9-7-20)26(31)32)10-12-25(23)30(28-24)18-33-13-14-34(2,3)4/h5-12,15-17H,13-14,18H2,1-4H3,(H,31,32)/b11-5+. The predicted octanol–water partition coefficient (Wildman–Crippen LogP) is 5.62. The van der Waals surface area contributed by atoms with E-state index in [0.29, 0.717) is 6.73 Å². The number of carboxylic acid groups (broad SMARTS) is 1. The summed E-state index contributed by atoms with van der Waals surface area (Å²) in [5, 5.41) is 19.2. The van der Waals surface area contributed by atoms with Gasteiger partial charge in [-0.25, -0.2) is 9.48 Å². The Morgan fingerprint density at radius 3 is 2.47 bits per heavy atom. The molecule has 2 aromatic heterocycles. The van der Waals surface area contributed by atoms with Crippen molar-refractivity contribution >= 4 is 37.1 Å². The molecule has 0 unspecified atom stereocenters. The number of aromatic carboxylic acids is 1. The maximum Gasteiger partial charge on any atom is 0.335 e. The van der Waals surface area contributed by atoms with Gasteiger partial charge < -0.3 is 9.84 Å². The minimum atomic E-state index is -1.16. The summed E-state index contributed by atoms with van der Waals surface area (Å²) in [6.45, 7) is 8.14. The molecular formula is C26H30N4O3Si. The molecule has 0 atom stereocenters. The number of carbonyl (C=O) groups is 1. The lowest BCUT2D eigenvalue weighted by Gasteiger charge is -2.15. The Labute approximate surface area is 200 Å². The maximum absolute atomic E-state index is 11.2. The van der Waals surface area contributed by atoms with Crippen LogP contribution >= 0.6 is 0 Å². The zero-order valence-corrected chi connectivity index (χ0v) is 21.0. The van der Waals surface area contributed by atoms with Gasteiger partial charge in [0.2, 0.25) is 0 Å². The monoisotopic (exact) mass is 474 g/mol. The van der Waals surface area contributed by atoms with E-state index in [1.54, 1.807) is 16.8 Å². The van der Waals surface area contributed by atoms with Crippen molar-refractivity contribution in [1.82, 2.24) is 19.6 Å². The average molecular weight is 475 g/mol. The molecule has 0 fully saturated rings.